The standard InChI is InChI=1S/C13H12FNO/c1-15-13(16)12(14)11-8-4-6-9-5-2-3-7-10(9)11/h2-8,12H,1H3,(H,15,16). The van der Waals surface area contributed by atoms with Gasteiger partial charge in [0.1, 0.15) is 0 Å². The largest absolute Gasteiger partial charge is 0.356 e. The van der Waals surface area contributed by atoms with Crippen molar-refractivity contribution in [3.8, 4) is 0 Å². The number of likely N-dealkylation sites (N-methyl/N-ethyl adjacent to an activating group) is 1. The van der Waals surface area contributed by atoms with Gasteiger partial charge in [0.15, 0.2) is 0 Å². The van der Waals surface area contributed by atoms with Gasteiger partial charge in [-0.1, -0.05) is 42.5 Å². The molecule has 82 valence electrons. The molecule has 2 rings (SSSR count). The summed E-state index contributed by atoms with van der Waals surface area (Å²) in [6.07, 6.45) is -1.61. The highest BCUT2D eigenvalue weighted by atomic mass is 19.1. The van der Waals surface area contributed by atoms with Crippen molar-refractivity contribution >= 4 is 16.7 Å². The van der Waals surface area contributed by atoms with E-state index in [1.165, 1.54) is 7.05 Å². The number of halogens is 1. The van der Waals surface area contributed by atoms with Gasteiger partial charge in [0.25, 0.3) is 5.91 Å². The molecule has 0 bridgehead atoms. The molecule has 2 aromatic carbocycles. The van der Waals surface area contributed by atoms with Gasteiger partial charge in [0, 0.05) is 12.6 Å². The van der Waals surface area contributed by atoms with Crippen LogP contribution in [0.3, 0.4) is 0 Å². The first-order chi connectivity index (χ1) is 7.74. The van der Waals surface area contributed by atoms with Crippen molar-refractivity contribution in [1.82, 2.24) is 5.32 Å². The van der Waals surface area contributed by atoms with E-state index in [4.69, 9.17) is 0 Å². The van der Waals surface area contributed by atoms with Gasteiger partial charge < -0.3 is 5.32 Å². The zero-order chi connectivity index (χ0) is 11.5. The second kappa shape index (κ2) is 4.31. The molecule has 16 heavy (non-hydrogen) atoms. The molecule has 0 heterocycles. The van der Waals surface area contributed by atoms with E-state index < -0.39 is 12.1 Å². The molecule has 1 unspecified atom stereocenters. The average molecular weight is 217 g/mol. The van der Waals surface area contributed by atoms with Gasteiger partial charge >= 0.3 is 0 Å². The number of alkyl halides is 1. The number of rotatable bonds is 2. The van der Waals surface area contributed by atoms with Crippen molar-refractivity contribution in [2.45, 2.75) is 6.17 Å². The number of hydrogen-bond donors (Lipinski definition) is 1. The minimum Gasteiger partial charge on any atom is -0.356 e. The predicted molar refractivity (Wildman–Crippen MR) is 61.9 cm³/mol. The lowest BCUT2D eigenvalue weighted by Gasteiger charge is -2.10. The molecule has 3 heteroatoms. The number of benzene rings is 2. The molecular weight excluding hydrogens is 205 g/mol. The highest BCUT2D eigenvalue weighted by molar-refractivity contribution is 5.91. The first kappa shape index (κ1) is 10.6. The third kappa shape index (κ3) is 1.76. The van der Waals surface area contributed by atoms with Crippen molar-refractivity contribution < 1.29 is 9.18 Å². The summed E-state index contributed by atoms with van der Waals surface area (Å²) in [7, 11) is 1.43. The van der Waals surface area contributed by atoms with Crippen molar-refractivity contribution in [3.63, 3.8) is 0 Å². The zero-order valence-electron chi connectivity index (χ0n) is 8.91. The summed E-state index contributed by atoms with van der Waals surface area (Å²) in [6, 6.07) is 12.7. The minimum atomic E-state index is -1.61. The number of amides is 1. The lowest BCUT2D eigenvalue weighted by atomic mass is 10.0. The van der Waals surface area contributed by atoms with Crippen LogP contribution in [0.25, 0.3) is 10.8 Å². The van der Waals surface area contributed by atoms with Gasteiger partial charge in [-0.2, -0.15) is 0 Å². The van der Waals surface area contributed by atoms with Crippen LogP contribution >= 0.6 is 0 Å². The summed E-state index contributed by atoms with van der Waals surface area (Å²) >= 11 is 0. The number of hydrogen-bond acceptors (Lipinski definition) is 1. The summed E-state index contributed by atoms with van der Waals surface area (Å²) in [5.41, 5.74) is 0.414. The molecule has 1 amide bonds. The number of fused-ring (bicyclic) bond motifs is 1. The fourth-order valence-electron chi connectivity index (χ4n) is 1.74. The topological polar surface area (TPSA) is 29.1 Å². The maximum absolute atomic E-state index is 13.8. The van der Waals surface area contributed by atoms with E-state index in [0.717, 1.165) is 10.8 Å². The molecular formula is C13H12FNO. The van der Waals surface area contributed by atoms with Crippen LogP contribution < -0.4 is 5.32 Å². The normalized spacial score (nSPS) is 12.4. The Hall–Kier alpha value is -1.90. The van der Waals surface area contributed by atoms with Crippen LogP contribution in [0.2, 0.25) is 0 Å². The Morgan fingerprint density at radius 1 is 1.19 bits per heavy atom. The molecule has 0 fully saturated rings. The van der Waals surface area contributed by atoms with Crippen molar-refractivity contribution in [2.75, 3.05) is 7.05 Å². The van der Waals surface area contributed by atoms with Gasteiger partial charge in [0.2, 0.25) is 6.17 Å². The van der Waals surface area contributed by atoms with Crippen molar-refractivity contribution in [3.05, 3.63) is 48.0 Å². The first-order valence-electron chi connectivity index (χ1n) is 5.07. The molecule has 0 saturated carbocycles. The Labute approximate surface area is 93.1 Å². The third-order valence-corrected chi connectivity index (χ3v) is 2.57. The Balaban J connectivity index is 2.56. The zero-order valence-corrected chi connectivity index (χ0v) is 8.91. The average Bonchev–Trinajstić information content (AvgIpc) is 2.36. The Kier molecular flexibility index (Phi) is 2.86. The van der Waals surface area contributed by atoms with Crippen LogP contribution in [0, 0.1) is 0 Å². The predicted octanol–water partition coefficient (Wildman–Crippen LogP) is 2.60. The molecule has 0 spiro atoms. The van der Waals surface area contributed by atoms with Crippen LogP contribution in [-0.4, -0.2) is 13.0 Å². The third-order valence-electron chi connectivity index (χ3n) is 2.57. The van der Waals surface area contributed by atoms with Crippen molar-refractivity contribution in [1.29, 1.82) is 0 Å². The Morgan fingerprint density at radius 3 is 2.62 bits per heavy atom. The van der Waals surface area contributed by atoms with E-state index in [0.29, 0.717) is 5.56 Å². The number of carbonyl (C=O) groups is 1. The summed E-state index contributed by atoms with van der Waals surface area (Å²) in [5.74, 6) is -0.614. The van der Waals surface area contributed by atoms with Crippen LogP contribution in [0.1, 0.15) is 11.7 Å². The van der Waals surface area contributed by atoms with Crippen LogP contribution in [0.5, 0.6) is 0 Å². The first-order valence-corrected chi connectivity index (χ1v) is 5.07. The molecule has 0 aliphatic carbocycles. The van der Waals surface area contributed by atoms with Gasteiger partial charge in [-0.05, 0) is 10.8 Å². The van der Waals surface area contributed by atoms with E-state index in [1.807, 2.05) is 30.3 Å². The quantitative estimate of drug-likeness (QED) is 0.823. The molecule has 2 nitrogen and oxygen atoms in total. The molecule has 0 radical (unpaired) electrons. The summed E-state index contributed by atoms with van der Waals surface area (Å²) < 4.78 is 13.8. The summed E-state index contributed by atoms with van der Waals surface area (Å²) in [5, 5.41) is 4.03. The SMILES string of the molecule is CNC(=O)C(F)c1cccc2ccccc12. The summed E-state index contributed by atoms with van der Waals surface area (Å²) in [6.45, 7) is 0. The Morgan fingerprint density at radius 2 is 1.88 bits per heavy atom. The summed E-state index contributed by atoms with van der Waals surface area (Å²) in [4.78, 5) is 11.3. The molecule has 0 aromatic heterocycles. The molecule has 1 atom stereocenters. The second-order valence-electron chi connectivity index (χ2n) is 3.55. The van der Waals surface area contributed by atoms with E-state index in [-0.39, 0.29) is 0 Å². The minimum absolute atomic E-state index is 0.414. The fourth-order valence-corrected chi connectivity index (χ4v) is 1.74. The van der Waals surface area contributed by atoms with Crippen molar-refractivity contribution in [2.24, 2.45) is 0 Å². The number of nitrogens with one attached hydrogen (secondary N) is 1. The van der Waals surface area contributed by atoms with E-state index >= 15 is 0 Å². The number of carbonyl (C=O) groups excluding carboxylic acids is 1. The van der Waals surface area contributed by atoms with Crippen LogP contribution in [-0.2, 0) is 4.79 Å². The maximum atomic E-state index is 13.8. The van der Waals surface area contributed by atoms with E-state index in [2.05, 4.69) is 5.32 Å². The lowest BCUT2D eigenvalue weighted by molar-refractivity contribution is -0.125. The second-order valence-corrected chi connectivity index (χ2v) is 3.55. The molecule has 0 aliphatic rings. The molecule has 0 saturated heterocycles. The van der Waals surface area contributed by atoms with Gasteiger partial charge in [0.05, 0.1) is 0 Å². The molecule has 1 N–H and O–H groups in total. The van der Waals surface area contributed by atoms with E-state index in [1.54, 1.807) is 12.1 Å². The highest BCUT2D eigenvalue weighted by Gasteiger charge is 2.19. The van der Waals surface area contributed by atoms with Crippen LogP contribution in [0.4, 0.5) is 4.39 Å². The fraction of sp³-hybridized carbons (Fsp3) is 0.154. The smallest absolute Gasteiger partial charge is 0.258 e. The Bertz CT molecular complexity index is 519. The van der Waals surface area contributed by atoms with Crippen LogP contribution in [0.15, 0.2) is 42.5 Å². The van der Waals surface area contributed by atoms with Gasteiger partial charge in [-0.3, -0.25) is 4.79 Å². The lowest BCUT2D eigenvalue weighted by Crippen LogP contribution is -2.23. The molecule has 0 aliphatic heterocycles. The van der Waals surface area contributed by atoms with E-state index in [9.17, 15) is 9.18 Å². The maximum Gasteiger partial charge on any atom is 0.258 e. The van der Waals surface area contributed by atoms with Gasteiger partial charge in [-0.15, -0.1) is 0 Å². The van der Waals surface area contributed by atoms with Gasteiger partial charge in [-0.25, -0.2) is 4.39 Å². The highest BCUT2D eigenvalue weighted by Crippen LogP contribution is 2.26. The monoisotopic (exact) mass is 217 g/mol. The molecule has 2 aromatic rings.